The maximum absolute atomic E-state index is 12.4. The van der Waals surface area contributed by atoms with Gasteiger partial charge in [0.15, 0.2) is 11.5 Å². The Kier molecular flexibility index (Phi) is 4.69. The molecule has 2 rings (SSSR count). The van der Waals surface area contributed by atoms with Crippen molar-refractivity contribution in [3.63, 3.8) is 0 Å². The quantitative estimate of drug-likeness (QED) is 0.797. The Balaban J connectivity index is 2.09. The third kappa shape index (κ3) is 3.21. The van der Waals surface area contributed by atoms with Gasteiger partial charge < -0.3 is 14.4 Å². The number of carbonyl (C=O) groups is 1. The molecular formula is C14H18BrNO3. The van der Waals surface area contributed by atoms with E-state index in [0.29, 0.717) is 18.0 Å². The molecule has 5 heteroatoms. The molecule has 0 radical (unpaired) electrons. The van der Waals surface area contributed by atoms with Gasteiger partial charge in [-0.15, -0.1) is 0 Å². The number of ether oxygens (including phenoxy) is 2. The molecule has 0 spiro atoms. The highest BCUT2D eigenvalue weighted by Crippen LogP contribution is 2.31. The average Bonchev–Trinajstić information content (AvgIpc) is 2.43. The Bertz CT molecular complexity index is 450. The fourth-order valence-electron chi connectivity index (χ4n) is 2.04. The molecule has 1 aromatic carbocycles. The largest absolute Gasteiger partial charge is 0.485 e. The van der Waals surface area contributed by atoms with Crippen LogP contribution in [0.5, 0.6) is 11.5 Å². The SMILES string of the molecule is CC(C)N(CCBr)C(=O)C1COc2ccccc2O1. The van der Waals surface area contributed by atoms with Crippen molar-refractivity contribution in [2.45, 2.75) is 26.0 Å². The summed E-state index contributed by atoms with van der Waals surface area (Å²) < 4.78 is 11.3. The zero-order valence-electron chi connectivity index (χ0n) is 11.1. The van der Waals surface area contributed by atoms with Crippen LogP contribution in [0.2, 0.25) is 0 Å². The lowest BCUT2D eigenvalue weighted by Crippen LogP contribution is -2.49. The van der Waals surface area contributed by atoms with Gasteiger partial charge in [0.2, 0.25) is 6.10 Å². The van der Waals surface area contributed by atoms with Crippen LogP contribution in [0.15, 0.2) is 24.3 Å². The number of para-hydroxylation sites is 2. The van der Waals surface area contributed by atoms with Crippen LogP contribution in [0, 0.1) is 0 Å². The summed E-state index contributed by atoms with van der Waals surface area (Å²) >= 11 is 3.37. The van der Waals surface area contributed by atoms with Crippen LogP contribution in [-0.2, 0) is 4.79 Å². The van der Waals surface area contributed by atoms with Crippen molar-refractivity contribution in [3.05, 3.63) is 24.3 Å². The standard InChI is InChI=1S/C14H18BrNO3/c1-10(2)16(8-7-15)14(17)13-9-18-11-5-3-4-6-12(11)19-13/h3-6,10,13H,7-9H2,1-2H3. The van der Waals surface area contributed by atoms with Gasteiger partial charge in [-0.05, 0) is 26.0 Å². The second-order valence-corrected chi connectivity index (χ2v) is 5.47. The number of nitrogens with zero attached hydrogens (tertiary/aromatic N) is 1. The van der Waals surface area contributed by atoms with Crippen molar-refractivity contribution in [2.75, 3.05) is 18.5 Å². The maximum Gasteiger partial charge on any atom is 0.267 e. The fourth-order valence-corrected chi connectivity index (χ4v) is 2.42. The van der Waals surface area contributed by atoms with Crippen molar-refractivity contribution >= 4 is 21.8 Å². The number of halogens is 1. The minimum absolute atomic E-state index is 0.0241. The third-order valence-corrected chi connectivity index (χ3v) is 3.37. The van der Waals surface area contributed by atoms with Gasteiger partial charge in [-0.2, -0.15) is 0 Å². The van der Waals surface area contributed by atoms with Gasteiger partial charge in [0, 0.05) is 17.9 Å². The lowest BCUT2D eigenvalue weighted by molar-refractivity contribution is -0.142. The number of carbonyl (C=O) groups excluding carboxylic acids is 1. The Morgan fingerprint density at radius 3 is 2.74 bits per heavy atom. The number of alkyl halides is 1. The minimum atomic E-state index is -0.559. The Morgan fingerprint density at radius 1 is 1.42 bits per heavy atom. The molecule has 1 aromatic rings. The van der Waals surface area contributed by atoms with Crippen molar-refractivity contribution < 1.29 is 14.3 Å². The van der Waals surface area contributed by atoms with Gasteiger partial charge in [0.1, 0.15) is 6.61 Å². The second-order valence-electron chi connectivity index (χ2n) is 4.68. The summed E-state index contributed by atoms with van der Waals surface area (Å²) in [5, 5.41) is 0.751. The minimum Gasteiger partial charge on any atom is -0.485 e. The van der Waals surface area contributed by atoms with Gasteiger partial charge >= 0.3 is 0 Å². The highest BCUT2D eigenvalue weighted by molar-refractivity contribution is 9.09. The second kappa shape index (κ2) is 6.28. The molecule has 1 heterocycles. The number of hydrogen-bond donors (Lipinski definition) is 0. The molecule has 1 amide bonds. The van der Waals surface area contributed by atoms with Crippen LogP contribution >= 0.6 is 15.9 Å². The van der Waals surface area contributed by atoms with Crippen LogP contribution in [0.4, 0.5) is 0 Å². The highest BCUT2D eigenvalue weighted by Gasteiger charge is 2.31. The lowest BCUT2D eigenvalue weighted by atomic mass is 10.2. The highest BCUT2D eigenvalue weighted by atomic mass is 79.9. The van der Waals surface area contributed by atoms with E-state index in [9.17, 15) is 4.79 Å². The van der Waals surface area contributed by atoms with Crippen LogP contribution in [0.3, 0.4) is 0 Å². The molecule has 0 saturated carbocycles. The first-order valence-electron chi connectivity index (χ1n) is 6.38. The van der Waals surface area contributed by atoms with Gasteiger partial charge in [0.05, 0.1) is 0 Å². The van der Waals surface area contributed by atoms with E-state index in [0.717, 1.165) is 5.33 Å². The van der Waals surface area contributed by atoms with E-state index in [-0.39, 0.29) is 18.6 Å². The zero-order chi connectivity index (χ0) is 13.8. The first-order chi connectivity index (χ1) is 9.13. The molecule has 1 aliphatic rings. The first kappa shape index (κ1) is 14.2. The number of benzene rings is 1. The van der Waals surface area contributed by atoms with E-state index in [4.69, 9.17) is 9.47 Å². The molecule has 0 bridgehead atoms. The molecule has 1 unspecified atom stereocenters. The summed E-state index contributed by atoms with van der Waals surface area (Å²) in [4.78, 5) is 14.2. The van der Waals surface area contributed by atoms with Gasteiger partial charge in [-0.1, -0.05) is 28.1 Å². The molecule has 4 nitrogen and oxygen atoms in total. The molecule has 0 N–H and O–H groups in total. The monoisotopic (exact) mass is 327 g/mol. The van der Waals surface area contributed by atoms with Gasteiger partial charge in [-0.25, -0.2) is 0 Å². The van der Waals surface area contributed by atoms with Crippen LogP contribution in [-0.4, -0.2) is 41.4 Å². The maximum atomic E-state index is 12.4. The Hall–Kier alpha value is -1.23. The first-order valence-corrected chi connectivity index (χ1v) is 7.50. The number of amides is 1. The Labute approximate surface area is 121 Å². The number of hydrogen-bond acceptors (Lipinski definition) is 3. The molecule has 0 aromatic heterocycles. The zero-order valence-corrected chi connectivity index (χ0v) is 12.7. The normalized spacial score (nSPS) is 17.4. The van der Waals surface area contributed by atoms with Gasteiger partial charge in [0.25, 0.3) is 5.91 Å². The number of fused-ring (bicyclic) bond motifs is 1. The van der Waals surface area contributed by atoms with Crippen molar-refractivity contribution in [2.24, 2.45) is 0 Å². The summed E-state index contributed by atoms with van der Waals surface area (Å²) in [6.45, 7) is 4.93. The Morgan fingerprint density at radius 2 is 2.11 bits per heavy atom. The molecule has 1 atom stereocenters. The van der Waals surface area contributed by atoms with Crippen molar-refractivity contribution in [1.29, 1.82) is 0 Å². The summed E-state index contributed by atoms with van der Waals surface area (Å²) in [6.07, 6.45) is -0.559. The molecule has 0 aliphatic carbocycles. The summed E-state index contributed by atoms with van der Waals surface area (Å²) in [5.41, 5.74) is 0. The van der Waals surface area contributed by atoms with Crippen LogP contribution < -0.4 is 9.47 Å². The van der Waals surface area contributed by atoms with E-state index in [1.54, 1.807) is 4.90 Å². The lowest BCUT2D eigenvalue weighted by Gasteiger charge is -2.32. The van der Waals surface area contributed by atoms with E-state index < -0.39 is 6.10 Å². The van der Waals surface area contributed by atoms with Crippen LogP contribution in [0.1, 0.15) is 13.8 Å². The van der Waals surface area contributed by atoms with E-state index >= 15 is 0 Å². The molecule has 19 heavy (non-hydrogen) atoms. The molecular weight excluding hydrogens is 310 g/mol. The van der Waals surface area contributed by atoms with E-state index in [1.165, 1.54) is 0 Å². The molecule has 0 saturated heterocycles. The van der Waals surface area contributed by atoms with Crippen molar-refractivity contribution in [3.8, 4) is 11.5 Å². The van der Waals surface area contributed by atoms with Gasteiger partial charge in [-0.3, -0.25) is 4.79 Å². The predicted molar refractivity (Wildman–Crippen MR) is 77.0 cm³/mol. The summed E-state index contributed by atoms with van der Waals surface area (Å²) in [5.74, 6) is 1.31. The predicted octanol–water partition coefficient (Wildman–Crippen LogP) is 2.46. The average molecular weight is 328 g/mol. The van der Waals surface area contributed by atoms with Crippen LogP contribution in [0.25, 0.3) is 0 Å². The van der Waals surface area contributed by atoms with E-state index in [1.807, 2.05) is 38.1 Å². The summed E-state index contributed by atoms with van der Waals surface area (Å²) in [6, 6.07) is 7.56. The molecule has 104 valence electrons. The topological polar surface area (TPSA) is 38.8 Å². The molecule has 1 aliphatic heterocycles. The smallest absolute Gasteiger partial charge is 0.267 e. The fraction of sp³-hybridized carbons (Fsp3) is 0.500. The molecule has 0 fully saturated rings. The summed E-state index contributed by atoms with van der Waals surface area (Å²) in [7, 11) is 0. The van der Waals surface area contributed by atoms with Crippen molar-refractivity contribution in [1.82, 2.24) is 4.90 Å². The number of rotatable bonds is 4. The van der Waals surface area contributed by atoms with E-state index in [2.05, 4.69) is 15.9 Å². The third-order valence-electron chi connectivity index (χ3n) is 3.02.